The summed E-state index contributed by atoms with van der Waals surface area (Å²) in [7, 11) is 0. The molecule has 2 aromatic rings. The molecule has 0 saturated carbocycles. The zero-order valence-electron chi connectivity index (χ0n) is 12.0. The number of carbonyl (C=O) groups excluding carboxylic acids is 1. The Bertz CT molecular complexity index is 672. The van der Waals surface area contributed by atoms with E-state index in [4.69, 9.17) is 0 Å². The molecule has 0 aromatic heterocycles. The number of hydrogen-bond donors (Lipinski definition) is 2. The van der Waals surface area contributed by atoms with Crippen molar-refractivity contribution in [2.24, 2.45) is 0 Å². The molecule has 0 bridgehead atoms. The molecule has 2 rings (SSSR count). The molecule has 0 aliphatic rings. The van der Waals surface area contributed by atoms with Crippen LogP contribution < -0.4 is 10.6 Å². The lowest BCUT2D eigenvalue weighted by atomic mass is 10.1. The largest absolute Gasteiger partial charge is 0.418 e. The van der Waals surface area contributed by atoms with Crippen molar-refractivity contribution in [3.05, 3.63) is 58.6 Å². The van der Waals surface area contributed by atoms with E-state index in [1.54, 1.807) is 0 Å². The number of alkyl halides is 3. The summed E-state index contributed by atoms with van der Waals surface area (Å²) in [6.45, 7) is 0.321. The maximum absolute atomic E-state index is 12.8. The van der Waals surface area contributed by atoms with E-state index in [-0.39, 0.29) is 12.1 Å². The van der Waals surface area contributed by atoms with Crippen LogP contribution in [0.25, 0.3) is 0 Å². The molecule has 0 heterocycles. The molecule has 1 amide bonds. The fourth-order valence-corrected chi connectivity index (χ4v) is 2.20. The SMILES string of the molecule is O=C(CCNc1ccc(Br)cc1)Nc1ccccc1C(F)(F)F. The molecule has 7 heteroatoms. The molecule has 23 heavy (non-hydrogen) atoms. The molecule has 3 nitrogen and oxygen atoms in total. The summed E-state index contributed by atoms with van der Waals surface area (Å²) in [4.78, 5) is 11.8. The summed E-state index contributed by atoms with van der Waals surface area (Å²) in [6.07, 6.45) is -4.44. The highest BCUT2D eigenvalue weighted by molar-refractivity contribution is 9.10. The molecule has 0 aliphatic carbocycles. The van der Waals surface area contributed by atoms with Gasteiger partial charge in [0.1, 0.15) is 0 Å². The van der Waals surface area contributed by atoms with Crippen LogP contribution in [0.1, 0.15) is 12.0 Å². The van der Waals surface area contributed by atoms with Gasteiger partial charge in [0.05, 0.1) is 11.3 Å². The van der Waals surface area contributed by atoms with E-state index in [9.17, 15) is 18.0 Å². The van der Waals surface area contributed by atoms with Gasteiger partial charge in [0.15, 0.2) is 0 Å². The Morgan fingerprint density at radius 2 is 1.70 bits per heavy atom. The van der Waals surface area contributed by atoms with Crippen molar-refractivity contribution in [2.45, 2.75) is 12.6 Å². The molecular weight excluding hydrogens is 373 g/mol. The molecule has 0 aliphatic heterocycles. The zero-order valence-corrected chi connectivity index (χ0v) is 13.5. The summed E-state index contributed by atoms with van der Waals surface area (Å²) in [5, 5.41) is 5.34. The van der Waals surface area contributed by atoms with Gasteiger partial charge in [0.25, 0.3) is 0 Å². The van der Waals surface area contributed by atoms with Crippen molar-refractivity contribution in [1.82, 2.24) is 0 Å². The van der Waals surface area contributed by atoms with E-state index in [1.807, 2.05) is 24.3 Å². The summed E-state index contributed by atoms with van der Waals surface area (Å²) < 4.78 is 39.4. The molecule has 2 aromatic carbocycles. The second-order valence-electron chi connectivity index (χ2n) is 4.78. The first-order valence-corrected chi connectivity index (χ1v) is 7.61. The Labute approximate surface area is 140 Å². The normalized spacial score (nSPS) is 11.1. The molecule has 122 valence electrons. The number of halogens is 4. The van der Waals surface area contributed by atoms with Crippen molar-refractivity contribution in [1.29, 1.82) is 0 Å². The molecule has 0 spiro atoms. The van der Waals surface area contributed by atoms with E-state index in [0.717, 1.165) is 16.2 Å². The van der Waals surface area contributed by atoms with Crippen LogP contribution in [0.4, 0.5) is 24.5 Å². The summed E-state index contributed by atoms with van der Waals surface area (Å²) >= 11 is 3.31. The highest BCUT2D eigenvalue weighted by Crippen LogP contribution is 2.34. The Kier molecular flexibility index (Phi) is 5.65. The van der Waals surface area contributed by atoms with Crippen LogP contribution in [-0.4, -0.2) is 12.5 Å². The highest BCUT2D eigenvalue weighted by atomic mass is 79.9. The van der Waals surface area contributed by atoms with Crippen molar-refractivity contribution in [2.75, 3.05) is 17.2 Å². The molecular formula is C16H14BrF3N2O. The highest BCUT2D eigenvalue weighted by Gasteiger charge is 2.33. The Morgan fingerprint density at radius 3 is 2.35 bits per heavy atom. The van der Waals surface area contributed by atoms with E-state index < -0.39 is 17.6 Å². The molecule has 0 saturated heterocycles. The second-order valence-corrected chi connectivity index (χ2v) is 5.69. The number of hydrogen-bond acceptors (Lipinski definition) is 2. The summed E-state index contributed by atoms with van der Waals surface area (Å²) in [5.74, 6) is -0.480. The number of nitrogens with one attached hydrogen (secondary N) is 2. The summed E-state index contributed by atoms with van der Waals surface area (Å²) in [6, 6.07) is 12.3. The third-order valence-electron chi connectivity index (χ3n) is 3.03. The van der Waals surface area contributed by atoms with Crippen LogP contribution >= 0.6 is 15.9 Å². The van der Waals surface area contributed by atoms with E-state index in [0.29, 0.717) is 6.54 Å². The standard InChI is InChI=1S/C16H14BrF3N2O/c17-11-5-7-12(8-6-11)21-10-9-15(23)22-14-4-2-1-3-13(14)16(18,19)20/h1-8,21H,9-10H2,(H,22,23). The van der Waals surface area contributed by atoms with Crippen LogP contribution in [0.3, 0.4) is 0 Å². The topological polar surface area (TPSA) is 41.1 Å². The smallest absolute Gasteiger partial charge is 0.385 e. The van der Waals surface area contributed by atoms with E-state index >= 15 is 0 Å². The second kappa shape index (κ2) is 7.50. The van der Waals surface area contributed by atoms with Crippen LogP contribution in [0.15, 0.2) is 53.0 Å². The van der Waals surface area contributed by atoms with Crippen LogP contribution in [-0.2, 0) is 11.0 Å². The van der Waals surface area contributed by atoms with Crippen molar-refractivity contribution >= 4 is 33.2 Å². The minimum Gasteiger partial charge on any atom is -0.385 e. The number of para-hydroxylation sites is 1. The maximum Gasteiger partial charge on any atom is 0.418 e. The Morgan fingerprint density at radius 1 is 1.04 bits per heavy atom. The van der Waals surface area contributed by atoms with Gasteiger partial charge in [-0.15, -0.1) is 0 Å². The number of carbonyl (C=O) groups is 1. The zero-order chi connectivity index (χ0) is 16.9. The van der Waals surface area contributed by atoms with Gasteiger partial charge in [-0.1, -0.05) is 28.1 Å². The quantitative estimate of drug-likeness (QED) is 0.766. The average Bonchev–Trinajstić information content (AvgIpc) is 2.49. The summed E-state index contributed by atoms with van der Waals surface area (Å²) in [5.41, 5.74) is -0.250. The van der Waals surface area contributed by atoms with Crippen molar-refractivity contribution < 1.29 is 18.0 Å². The van der Waals surface area contributed by atoms with Gasteiger partial charge in [-0.3, -0.25) is 4.79 Å². The van der Waals surface area contributed by atoms with Gasteiger partial charge in [0, 0.05) is 23.1 Å². The van der Waals surface area contributed by atoms with Gasteiger partial charge in [-0.05, 0) is 36.4 Å². The predicted molar refractivity (Wildman–Crippen MR) is 87.3 cm³/mol. The number of anilines is 2. The van der Waals surface area contributed by atoms with Crippen LogP contribution in [0, 0.1) is 0 Å². The first kappa shape index (κ1) is 17.3. The lowest BCUT2D eigenvalue weighted by molar-refractivity contribution is -0.137. The minimum atomic E-state index is -4.50. The molecule has 0 unspecified atom stereocenters. The van der Waals surface area contributed by atoms with Crippen molar-refractivity contribution in [3.8, 4) is 0 Å². The van der Waals surface area contributed by atoms with Gasteiger partial charge < -0.3 is 10.6 Å². The Balaban J connectivity index is 1.89. The fraction of sp³-hybridized carbons (Fsp3) is 0.188. The van der Waals surface area contributed by atoms with Gasteiger partial charge >= 0.3 is 6.18 Å². The minimum absolute atomic E-state index is 0.0578. The number of rotatable bonds is 5. The van der Waals surface area contributed by atoms with Crippen LogP contribution in [0.5, 0.6) is 0 Å². The van der Waals surface area contributed by atoms with E-state index in [1.165, 1.54) is 18.2 Å². The third-order valence-corrected chi connectivity index (χ3v) is 3.56. The monoisotopic (exact) mass is 386 g/mol. The predicted octanol–water partition coefficient (Wildman–Crippen LogP) is 4.91. The molecule has 2 N–H and O–H groups in total. The molecule has 0 radical (unpaired) electrons. The molecule has 0 fully saturated rings. The first-order chi connectivity index (χ1) is 10.9. The van der Waals surface area contributed by atoms with Gasteiger partial charge in [-0.25, -0.2) is 0 Å². The lowest BCUT2D eigenvalue weighted by Crippen LogP contribution is -2.19. The van der Waals surface area contributed by atoms with Crippen molar-refractivity contribution in [3.63, 3.8) is 0 Å². The number of benzene rings is 2. The first-order valence-electron chi connectivity index (χ1n) is 6.82. The molecule has 0 atom stereocenters. The number of amides is 1. The fourth-order valence-electron chi connectivity index (χ4n) is 1.94. The average molecular weight is 387 g/mol. The lowest BCUT2D eigenvalue weighted by Gasteiger charge is -2.13. The maximum atomic E-state index is 12.8. The van der Waals surface area contributed by atoms with Gasteiger partial charge in [0.2, 0.25) is 5.91 Å². The third kappa shape index (κ3) is 5.28. The Hall–Kier alpha value is -2.02. The van der Waals surface area contributed by atoms with E-state index in [2.05, 4.69) is 26.6 Å². The van der Waals surface area contributed by atoms with Gasteiger partial charge in [-0.2, -0.15) is 13.2 Å². The van der Waals surface area contributed by atoms with Crippen LogP contribution in [0.2, 0.25) is 0 Å².